The Morgan fingerprint density at radius 3 is 1.07 bits per heavy atom. The van der Waals surface area contributed by atoms with Crippen LogP contribution in [0.2, 0.25) is 0 Å². The van der Waals surface area contributed by atoms with E-state index in [1.165, 1.54) is 0 Å². The maximum atomic E-state index is 10.9. The van der Waals surface area contributed by atoms with Crippen LogP contribution in [0.15, 0.2) is 0 Å². The van der Waals surface area contributed by atoms with Crippen LogP contribution in [0, 0.1) is 0 Å². The van der Waals surface area contributed by atoms with Crippen LogP contribution in [0.5, 0.6) is 0 Å². The van der Waals surface area contributed by atoms with E-state index in [-0.39, 0.29) is 0 Å². The molecule has 4 saturated heterocycles. The van der Waals surface area contributed by atoms with E-state index in [2.05, 4.69) is 0 Å². The molecule has 22 heteroatoms. The van der Waals surface area contributed by atoms with E-state index >= 15 is 0 Å². The van der Waals surface area contributed by atoms with Crippen molar-refractivity contribution in [2.75, 3.05) is 26.4 Å². The fraction of sp³-hybridized carbons (Fsp3) is 1.00. The van der Waals surface area contributed by atoms with Crippen LogP contribution >= 0.6 is 9.84 Å². The normalized spacial score (nSPS) is 51.9. The monoisotopic (exact) mass is 701 g/mol. The van der Waals surface area contributed by atoms with Gasteiger partial charge in [0.05, 0.1) is 27.7 Å². The molecule has 0 amide bonds. The van der Waals surface area contributed by atoms with Crippen LogP contribution in [0.1, 0.15) is 0 Å². The van der Waals surface area contributed by atoms with Gasteiger partial charge < -0.3 is 105 Å². The van der Waals surface area contributed by atoms with E-state index in [1.54, 1.807) is 9.84 Å². The van der Waals surface area contributed by atoms with Crippen LogP contribution < -0.4 is 0 Å². The van der Waals surface area contributed by atoms with Gasteiger partial charge in [-0.15, -0.1) is 0 Å². The van der Waals surface area contributed by atoms with Gasteiger partial charge in [0, 0.05) is 0 Å². The summed E-state index contributed by atoms with van der Waals surface area (Å²) >= 11 is 0. The summed E-state index contributed by atoms with van der Waals surface area (Å²) in [5, 5.41) is 142. The first kappa shape index (κ1) is 38.4. The highest BCUT2D eigenvalue weighted by Crippen LogP contribution is 2.34. The third kappa shape index (κ3) is 7.97. The third-order valence-electron chi connectivity index (χ3n) is 8.20. The van der Waals surface area contributed by atoms with Crippen molar-refractivity contribution in [3.05, 3.63) is 0 Å². The van der Waals surface area contributed by atoms with Crippen molar-refractivity contribution in [1.82, 2.24) is 0 Å². The van der Waals surface area contributed by atoms with Gasteiger partial charge in [-0.25, -0.2) is 0 Å². The number of hydrogen-bond donors (Lipinski definition) is 14. The van der Waals surface area contributed by atoms with E-state index in [4.69, 9.17) is 34.4 Å². The molecule has 0 aliphatic carbocycles. The summed E-state index contributed by atoms with van der Waals surface area (Å²) in [5.74, 6) is 0. The Balaban J connectivity index is 0.00000294. The summed E-state index contributed by atoms with van der Waals surface area (Å²) in [7, 11) is 1.67. The van der Waals surface area contributed by atoms with E-state index < -0.39 is 149 Å². The lowest BCUT2D eigenvalue weighted by Crippen LogP contribution is -2.67. The molecule has 4 aliphatic heterocycles. The third-order valence-corrected chi connectivity index (χ3v) is 8.20. The molecular formula is C24H45O21P. The predicted molar refractivity (Wildman–Crippen MR) is 145 cm³/mol. The molecule has 9 unspecified atom stereocenters. The zero-order valence-corrected chi connectivity index (χ0v) is 25.2. The molecule has 0 bridgehead atoms. The Kier molecular flexibility index (Phi) is 14.2. The minimum absolute atomic E-state index is 0.784. The molecule has 0 aromatic carbocycles. The van der Waals surface area contributed by atoms with Crippen LogP contribution in [0.25, 0.3) is 0 Å². The molecule has 272 valence electrons. The fourth-order valence-corrected chi connectivity index (χ4v) is 5.55. The van der Waals surface area contributed by atoms with Crippen molar-refractivity contribution in [2.24, 2.45) is 0 Å². The second-order valence-electron chi connectivity index (χ2n) is 11.1. The lowest BCUT2D eigenvalue weighted by atomic mass is 9.95. The largest absolute Gasteiger partial charge is 0.394 e. The van der Waals surface area contributed by atoms with Gasteiger partial charge in [0.2, 0.25) is 0 Å². The van der Waals surface area contributed by atoms with Crippen molar-refractivity contribution in [1.29, 1.82) is 1.28 Å². The van der Waals surface area contributed by atoms with E-state index in [0.29, 0.717) is 0 Å². The number of aliphatic hydroxyl groups excluding tert-OH is 14. The molecule has 4 rings (SSSR count). The molecule has 4 fully saturated rings. The van der Waals surface area contributed by atoms with Crippen molar-refractivity contribution in [2.45, 2.75) is 123 Å². The molecule has 0 aromatic rings. The highest BCUT2D eigenvalue weighted by Gasteiger charge is 2.55. The van der Waals surface area contributed by atoms with Crippen LogP contribution in [0.4, 0.5) is 0 Å². The molecule has 14 N–H and O–H groups in total. The highest BCUT2D eigenvalue weighted by molar-refractivity contribution is 6.92. The number of ether oxygens (including phenoxy) is 7. The van der Waals surface area contributed by atoms with E-state index in [1.807, 2.05) is 0 Å². The Labute approximate surface area is 265 Å². The van der Waals surface area contributed by atoms with Crippen molar-refractivity contribution < 1.29 is 105 Å². The van der Waals surface area contributed by atoms with Gasteiger partial charge in [-0.1, -0.05) is 0 Å². The molecule has 0 saturated carbocycles. The highest BCUT2D eigenvalue weighted by atomic mass is 31.0. The van der Waals surface area contributed by atoms with Gasteiger partial charge in [0.15, 0.2) is 25.2 Å². The minimum atomic E-state index is -2.02. The van der Waals surface area contributed by atoms with Crippen LogP contribution in [-0.2, 0) is 33.2 Å². The average Bonchev–Trinajstić information content (AvgIpc) is 3.08. The smallest absolute Gasteiger partial charge is 0.187 e. The zero-order chi connectivity index (χ0) is 35.3. The van der Waals surface area contributed by atoms with Gasteiger partial charge >= 0.3 is 0 Å². The Morgan fingerprint density at radius 2 is 0.696 bits per heavy atom. The molecule has 0 radical (unpaired) electrons. The first-order valence-electron chi connectivity index (χ1n) is 14.7. The minimum Gasteiger partial charge on any atom is -0.394 e. The maximum absolute atomic E-state index is 10.9. The molecule has 4 heterocycles. The first-order valence-corrected chi connectivity index (χ1v) is 14.1. The molecule has 4 aliphatic rings. The fourth-order valence-electron chi connectivity index (χ4n) is 5.55. The Bertz CT molecular complexity index is 924. The zero-order valence-electron chi connectivity index (χ0n) is 25.1. The van der Waals surface area contributed by atoms with Gasteiger partial charge in [-0.2, -0.15) is 9.84 Å². The summed E-state index contributed by atoms with van der Waals surface area (Å²) in [4.78, 5) is 0. The van der Waals surface area contributed by atoms with Crippen molar-refractivity contribution in [3.63, 3.8) is 0 Å². The molecule has 0 aromatic heterocycles. The number of hydrogen-bond acceptors (Lipinski definition) is 21. The van der Waals surface area contributed by atoms with Crippen molar-refractivity contribution >= 4 is 9.84 Å². The molecule has 46 heavy (non-hydrogen) atoms. The lowest BCUT2D eigenvalue weighted by Gasteiger charge is -2.49. The van der Waals surface area contributed by atoms with E-state index in [9.17, 15) is 71.5 Å². The quantitative estimate of drug-likeness (QED) is 0.0940. The van der Waals surface area contributed by atoms with Gasteiger partial charge in [-0.3, -0.25) is 0 Å². The second-order valence-corrected chi connectivity index (χ2v) is 11.1. The molecule has 21 atom stereocenters. The standard InChI is InChI=1S/C24H42O21.H3P/c25-1-5-9(29)10(30)15(35)22(40-5)44-19-7(3-27)42-24(17(37)12(19)32)45-20-8(4-28)41-23(16(36)13(20)33)43-18-6(2-26)39-21(38)14(34)11(18)31;/h5-38H,1-4H2;1H3/t5?,6-,7-,8?,9+,10-,11?,12?,13+,14?,15?,16?,17?,18+,19+,20+,21+,22-,23-,24-;/m0./s1/i;1D. The Hall–Kier alpha value is -0.410. The number of aliphatic hydroxyl groups is 14. The Morgan fingerprint density at radius 1 is 0.391 bits per heavy atom. The SMILES string of the molecule is OCC1O[C@@H](O[C@H]2C(O)C(O)[C@H](O[C@@H]3C(CO)O[C@@H](O[C@H]4C(O)C(O)[C@H](O)O[C@H]4CO)C(O)[C@H]3O)O[C@H]2CO)C(O)[C@@H](O)[C@@H]1O.[2H]P. The summed E-state index contributed by atoms with van der Waals surface area (Å²) in [6.07, 6.45) is -35.3. The summed E-state index contributed by atoms with van der Waals surface area (Å²) in [5.41, 5.74) is 0. The second kappa shape index (κ2) is 17.0. The summed E-state index contributed by atoms with van der Waals surface area (Å²) in [6, 6.07) is 0. The molecular weight excluding hydrogens is 655 g/mol. The average molecular weight is 702 g/mol. The van der Waals surface area contributed by atoms with Crippen molar-refractivity contribution in [3.8, 4) is 0 Å². The number of rotatable bonds is 10. The van der Waals surface area contributed by atoms with Gasteiger partial charge in [-0.05, 0) is 0 Å². The molecule has 21 nitrogen and oxygen atoms in total. The summed E-state index contributed by atoms with van der Waals surface area (Å²) < 4.78 is 43.4. The first-order chi connectivity index (χ1) is 22.3. The maximum Gasteiger partial charge on any atom is 0.187 e. The predicted octanol–water partition coefficient (Wildman–Crippen LogP) is -9.69. The summed E-state index contributed by atoms with van der Waals surface area (Å²) in [6.45, 7) is -3.39. The topological polar surface area (TPSA) is 348 Å². The van der Waals surface area contributed by atoms with Crippen LogP contribution in [-0.4, -0.2) is 222 Å². The van der Waals surface area contributed by atoms with Gasteiger partial charge in [0.25, 0.3) is 0 Å². The molecule has 0 spiro atoms. The van der Waals surface area contributed by atoms with Crippen LogP contribution in [0.3, 0.4) is 0 Å². The lowest BCUT2D eigenvalue weighted by molar-refractivity contribution is -0.387. The van der Waals surface area contributed by atoms with E-state index in [0.717, 1.165) is 0 Å². The van der Waals surface area contributed by atoms with Gasteiger partial charge in [0.1, 0.15) is 97.7 Å².